The molecule has 0 radical (unpaired) electrons. The molecule has 1 amide bonds. The summed E-state index contributed by atoms with van der Waals surface area (Å²) in [5.41, 5.74) is 1.29. The van der Waals surface area contributed by atoms with E-state index in [0.717, 1.165) is 41.7 Å². The molecule has 3 heterocycles. The first-order valence-electron chi connectivity index (χ1n) is 10.3. The summed E-state index contributed by atoms with van der Waals surface area (Å²) in [4.78, 5) is 23.9. The molecule has 0 saturated carbocycles. The molecular formula is C21H22F3N7OS. The highest BCUT2D eigenvalue weighted by atomic mass is 32.2. The topological polar surface area (TPSA) is 98.8 Å². The van der Waals surface area contributed by atoms with Gasteiger partial charge < -0.3 is 15.5 Å². The Kier molecular flexibility index (Phi) is 6.72. The van der Waals surface area contributed by atoms with Crippen LogP contribution >= 0.6 is 11.8 Å². The molecule has 1 aliphatic heterocycles. The maximum Gasteiger partial charge on any atom is 0.389 e. The van der Waals surface area contributed by atoms with Gasteiger partial charge in [-0.05, 0) is 49.4 Å². The molecule has 2 aromatic heterocycles. The van der Waals surface area contributed by atoms with Crippen LogP contribution in [-0.4, -0.2) is 45.3 Å². The summed E-state index contributed by atoms with van der Waals surface area (Å²) in [6.07, 6.45) is -4.99. The number of alkyl halides is 3. The van der Waals surface area contributed by atoms with Crippen LogP contribution in [0.15, 0.2) is 46.5 Å². The summed E-state index contributed by atoms with van der Waals surface area (Å²) >= 11 is 1.35. The van der Waals surface area contributed by atoms with Crippen LogP contribution in [0.5, 0.6) is 0 Å². The molecule has 174 valence electrons. The van der Waals surface area contributed by atoms with E-state index in [0.29, 0.717) is 16.7 Å². The smallest absolute Gasteiger partial charge is 0.356 e. The number of nitrogens with one attached hydrogen (secondary N) is 3. The number of aromatic amines is 1. The second-order valence-electron chi connectivity index (χ2n) is 7.57. The van der Waals surface area contributed by atoms with E-state index >= 15 is 0 Å². The Balaban J connectivity index is 1.44. The van der Waals surface area contributed by atoms with Crippen LogP contribution in [0.25, 0.3) is 0 Å². The molecule has 1 fully saturated rings. The number of halogens is 3. The van der Waals surface area contributed by atoms with Gasteiger partial charge in [0, 0.05) is 42.2 Å². The number of aryl methyl sites for hydroxylation is 1. The van der Waals surface area contributed by atoms with Gasteiger partial charge in [0.05, 0.1) is 12.1 Å². The number of hydrogen-bond donors (Lipinski definition) is 3. The Bertz CT molecular complexity index is 1110. The van der Waals surface area contributed by atoms with E-state index in [1.807, 2.05) is 19.1 Å². The Morgan fingerprint density at radius 1 is 1.18 bits per heavy atom. The lowest BCUT2D eigenvalue weighted by atomic mass is 10.2. The van der Waals surface area contributed by atoms with Gasteiger partial charge in [-0.1, -0.05) is 0 Å². The number of rotatable bonds is 8. The molecule has 0 spiro atoms. The number of nitrogens with zero attached hydrogens (tertiary/aromatic N) is 4. The zero-order chi connectivity index (χ0) is 23.4. The van der Waals surface area contributed by atoms with Gasteiger partial charge in [-0.25, -0.2) is 9.97 Å². The second-order valence-corrected chi connectivity index (χ2v) is 8.61. The first-order chi connectivity index (χ1) is 15.7. The fourth-order valence-electron chi connectivity index (χ4n) is 3.04. The molecule has 3 aromatic rings. The summed E-state index contributed by atoms with van der Waals surface area (Å²) in [5, 5.41) is 13.2. The quantitative estimate of drug-likeness (QED) is 0.397. The number of amides is 1. The van der Waals surface area contributed by atoms with Gasteiger partial charge >= 0.3 is 6.18 Å². The highest BCUT2D eigenvalue weighted by Crippen LogP contribution is 2.31. The number of benzene rings is 1. The summed E-state index contributed by atoms with van der Waals surface area (Å²) in [7, 11) is 0. The van der Waals surface area contributed by atoms with Gasteiger partial charge in [0.1, 0.15) is 17.5 Å². The summed E-state index contributed by atoms with van der Waals surface area (Å²) in [6.45, 7) is 3.76. The molecule has 4 rings (SSSR count). The Morgan fingerprint density at radius 3 is 2.55 bits per heavy atom. The molecule has 0 bridgehead atoms. The third-order valence-corrected chi connectivity index (χ3v) is 5.70. The van der Waals surface area contributed by atoms with Gasteiger partial charge in [-0.2, -0.15) is 18.3 Å². The molecule has 12 heteroatoms. The fourth-order valence-corrected chi connectivity index (χ4v) is 3.81. The van der Waals surface area contributed by atoms with E-state index in [1.165, 1.54) is 11.8 Å². The van der Waals surface area contributed by atoms with Crippen molar-refractivity contribution in [1.82, 2.24) is 20.2 Å². The minimum absolute atomic E-state index is 0.429. The first kappa shape index (κ1) is 22.9. The van der Waals surface area contributed by atoms with E-state index < -0.39 is 24.9 Å². The Labute approximate surface area is 192 Å². The molecule has 1 aromatic carbocycles. The fraction of sp³-hybridized carbons (Fsp3) is 0.333. The molecule has 1 aliphatic rings. The first-order valence-corrected chi connectivity index (χ1v) is 11.1. The van der Waals surface area contributed by atoms with E-state index in [9.17, 15) is 18.0 Å². The highest BCUT2D eigenvalue weighted by molar-refractivity contribution is 7.99. The van der Waals surface area contributed by atoms with Crippen molar-refractivity contribution in [1.29, 1.82) is 0 Å². The van der Waals surface area contributed by atoms with Crippen molar-refractivity contribution in [3.05, 3.63) is 42.1 Å². The minimum atomic E-state index is -4.35. The van der Waals surface area contributed by atoms with Crippen LogP contribution in [0, 0.1) is 6.92 Å². The maximum atomic E-state index is 12.3. The van der Waals surface area contributed by atoms with Crippen molar-refractivity contribution < 1.29 is 18.0 Å². The minimum Gasteiger partial charge on any atom is -0.356 e. The van der Waals surface area contributed by atoms with Crippen molar-refractivity contribution >= 4 is 40.8 Å². The van der Waals surface area contributed by atoms with E-state index in [2.05, 4.69) is 35.7 Å². The second kappa shape index (κ2) is 9.69. The van der Waals surface area contributed by atoms with Crippen LogP contribution in [0.2, 0.25) is 0 Å². The van der Waals surface area contributed by atoms with E-state index in [1.54, 1.807) is 24.3 Å². The zero-order valence-corrected chi connectivity index (χ0v) is 18.6. The third-order valence-electron chi connectivity index (χ3n) is 4.82. The summed E-state index contributed by atoms with van der Waals surface area (Å²) in [6, 6.07) is 10.6. The number of H-pyrrole nitrogens is 1. The lowest BCUT2D eigenvalue weighted by Crippen LogP contribution is -2.37. The predicted molar refractivity (Wildman–Crippen MR) is 120 cm³/mol. The number of hydrogen-bond acceptors (Lipinski definition) is 7. The van der Waals surface area contributed by atoms with Gasteiger partial charge in [0.2, 0.25) is 5.91 Å². The molecular weight excluding hydrogens is 455 g/mol. The largest absolute Gasteiger partial charge is 0.389 e. The number of carbonyl (C=O) groups is 1. The van der Waals surface area contributed by atoms with Gasteiger partial charge in [0.25, 0.3) is 0 Å². The number of carbonyl (C=O) groups excluding carboxylic acids is 1. The Morgan fingerprint density at radius 2 is 1.94 bits per heavy atom. The molecule has 0 aliphatic carbocycles. The van der Waals surface area contributed by atoms with Crippen LogP contribution in [0.4, 0.5) is 36.3 Å². The van der Waals surface area contributed by atoms with Crippen molar-refractivity contribution in [3.63, 3.8) is 0 Å². The lowest BCUT2D eigenvalue weighted by molar-refractivity contribution is -0.142. The molecule has 33 heavy (non-hydrogen) atoms. The maximum absolute atomic E-state index is 12.3. The van der Waals surface area contributed by atoms with Crippen LogP contribution in [0.1, 0.15) is 25.0 Å². The monoisotopic (exact) mass is 477 g/mol. The predicted octanol–water partition coefficient (Wildman–Crippen LogP) is 4.89. The lowest BCUT2D eigenvalue weighted by Gasteiger charge is -2.32. The SMILES string of the molecule is Cc1cc(Nc2cc(N3CCC3)nc(Sc3ccc(NC(=O)CCC(F)(F)F)cc3)n2)[nH]n1. The van der Waals surface area contributed by atoms with Gasteiger partial charge in [0.15, 0.2) is 5.16 Å². The van der Waals surface area contributed by atoms with Crippen LogP contribution in [0.3, 0.4) is 0 Å². The van der Waals surface area contributed by atoms with E-state index in [-0.39, 0.29) is 0 Å². The molecule has 0 unspecified atom stereocenters. The third kappa shape index (κ3) is 6.60. The van der Waals surface area contributed by atoms with Crippen molar-refractivity contribution in [2.24, 2.45) is 0 Å². The molecule has 8 nitrogen and oxygen atoms in total. The summed E-state index contributed by atoms with van der Waals surface area (Å²) in [5.74, 6) is 1.50. The number of anilines is 4. The number of aromatic nitrogens is 4. The standard InChI is InChI=1S/C21H22F3N7OS/c1-13-11-17(30-29-13)26-16-12-18(31-9-2-10-31)28-20(27-16)33-15-5-3-14(4-6-15)25-19(32)7-8-21(22,23)24/h3-6,11-12H,2,7-10H2,1H3,(H,25,32)(H2,26,27,28,29,30). The zero-order valence-electron chi connectivity index (χ0n) is 17.7. The van der Waals surface area contributed by atoms with Crippen LogP contribution in [-0.2, 0) is 4.79 Å². The molecule has 1 saturated heterocycles. The van der Waals surface area contributed by atoms with Crippen LogP contribution < -0.4 is 15.5 Å². The molecule has 3 N–H and O–H groups in total. The Hall–Kier alpha value is -3.28. The van der Waals surface area contributed by atoms with Crippen molar-refractivity contribution in [2.75, 3.05) is 28.6 Å². The van der Waals surface area contributed by atoms with Gasteiger partial charge in [-0.15, -0.1) is 0 Å². The summed E-state index contributed by atoms with van der Waals surface area (Å²) < 4.78 is 36.8. The average Bonchev–Trinajstić information content (AvgIpc) is 3.10. The van der Waals surface area contributed by atoms with Gasteiger partial charge in [-0.3, -0.25) is 9.89 Å². The van der Waals surface area contributed by atoms with Crippen molar-refractivity contribution in [3.8, 4) is 0 Å². The highest BCUT2D eigenvalue weighted by Gasteiger charge is 2.27. The van der Waals surface area contributed by atoms with E-state index in [4.69, 9.17) is 0 Å². The molecule has 0 atom stereocenters. The van der Waals surface area contributed by atoms with Crippen molar-refractivity contribution in [2.45, 2.75) is 42.4 Å². The average molecular weight is 478 g/mol. The normalized spacial score (nSPS) is 13.5.